The average Bonchev–Trinajstić information content (AvgIpc) is 1.78. The zero-order valence-corrected chi connectivity index (χ0v) is 8.95. The Labute approximate surface area is 75.5 Å². The first kappa shape index (κ1) is 10.0. The average molecular weight is 172 g/mol. The standard InChI is InChI=1S/C11H21F/c1-8(10(2,3)4)9-6-11(5,12)7-9/h8-9H,6-7H2,1-5H3. The van der Waals surface area contributed by atoms with Crippen LogP contribution in [0, 0.1) is 17.3 Å². The van der Waals surface area contributed by atoms with Gasteiger partial charge in [0.05, 0.1) is 0 Å². The molecule has 1 rings (SSSR count). The second-order valence-electron chi connectivity index (χ2n) is 5.74. The maximum atomic E-state index is 13.2. The summed E-state index contributed by atoms with van der Waals surface area (Å²) in [5.74, 6) is 1.25. The molecule has 0 heterocycles. The highest BCUT2D eigenvalue weighted by molar-refractivity contribution is 4.95. The summed E-state index contributed by atoms with van der Waals surface area (Å²) < 4.78 is 13.2. The molecule has 0 radical (unpaired) electrons. The highest BCUT2D eigenvalue weighted by Gasteiger charge is 2.45. The lowest BCUT2D eigenvalue weighted by Crippen LogP contribution is -2.43. The molecule has 0 aromatic rings. The third-order valence-electron chi connectivity index (χ3n) is 3.45. The van der Waals surface area contributed by atoms with Gasteiger partial charge >= 0.3 is 0 Å². The number of hydrogen-bond acceptors (Lipinski definition) is 0. The quantitative estimate of drug-likeness (QED) is 0.564. The van der Waals surface area contributed by atoms with Crippen molar-refractivity contribution in [2.45, 2.75) is 53.1 Å². The Morgan fingerprint density at radius 1 is 1.33 bits per heavy atom. The highest BCUT2D eigenvalue weighted by atomic mass is 19.1. The minimum atomic E-state index is -0.857. The monoisotopic (exact) mass is 172 g/mol. The summed E-state index contributed by atoms with van der Waals surface area (Å²) in [7, 11) is 0. The van der Waals surface area contributed by atoms with Crippen molar-refractivity contribution in [2.75, 3.05) is 0 Å². The van der Waals surface area contributed by atoms with Crippen LogP contribution in [0.1, 0.15) is 47.5 Å². The number of hydrogen-bond donors (Lipinski definition) is 0. The van der Waals surface area contributed by atoms with Crippen molar-refractivity contribution in [1.82, 2.24) is 0 Å². The van der Waals surface area contributed by atoms with E-state index in [1.165, 1.54) is 0 Å². The molecule has 1 fully saturated rings. The molecule has 0 amide bonds. The van der Waals surface area contributed by atoms with Gasteiger partial charge in [0, 0.05) is 0 Å². The molecule has 1 unspecified atom stereocenters. The van der Waals surface area contributed by atoms with Crippen molar-refractivity contribution in [2.24, 2.45) is 17.3 Å². The minimum Gasteiger partial charge on any atom is -0.244 e. The zero-order valence-electron chi connectivity index (χ0n) is 8.95. The lowest BCUT2D eigenvalue weighted by Gasteiger charge is -2.46. The van der Waals surface area contributed by atoms with Gasteiger partial charge in [-0.05, 0) is 37.0 Å². The summed E-state index contributed by atoms with van der Waals surface area (Å²) in [5, 5.41) is 0. The Morgan fingerprint density at radius 3 is 2.00 bits per heavy atom. The maximum absolute atomic E-state index is 13.2. The normalized spacial score (nSPS) is 39.0. The summed E-state index contributed by atoms with van der Waals surface area (Å²) in [5.41, 5.74) is -0.522. The largest absolute Gasteiger partial charge is 0.244 e. The van der Waals surface area contributed by atoms with Gasteiger partial charge in [-0.3, -0.25) is 0 Å². The van der Waals surface area contributed by atoms with E-state index in [0.29, 0.717) is 17.3 Å². The molecule has 0 N–H and O–H groups in total. The Hall–Kier alpha value is -0.0700. The van der Waals surface area contributed by atoms with Gasteiger partial charge in [0.2, 0.25) is 0 Å². The van der Waals surface area contributed by atoms with Crippen LogP contribution in [-0.2, 0) is 0 Å². The van der Waals surface area contributed by atoms with Gasteiger partial charge in [-0.1, -0.05) is 27.7 Å². The van der Waals surface area contributed by atoms with Crippen LogP contribution >= 0.6 is 0 Å². The van der Waals surface area contributed by atoms with E-state index in [1.807, 2.05) is 0 Å². The van der Waals surface area contributed by atoms with E-state index in [9.17, 15) is 4.39 Å². The molecule has 0 nitrogen and oxygen atoms in total. The highest BCUT2D eigenvalue weighted by Crippen LogP contribution is 2.49. The minimum absolute atomic E-state index is 0.334. The second-order valence-corrected chi connectivity index (χ2v) is 5.74. The van der Waals surface area contributed by atoms with E-state index in [1.54, 1.807) is 6.92 Å². The predicted molar refractivity (Wildman–Crippen MR) is 50.9 cm³/mol. The summed E-state index contributed by atoms with van der Waals surface area (Å²) in [4.78, 5) is 0. The van der Waals surface area contributed by atoms with Gasteiger partial charge in [-0.2, -0.15) is 0 Å². The third-order valence-corrected chi connectivity index (χ3v) is 3.45. The molecular formula is C11H21F. The molecule has 1 aliphatic rings. The van der Waals surface area contributed by atoms with Gasteiger partial charge in [0.15, 0.2) is 0 Å². The Bertz CT molecular complexity index is 156. The molecule has 0 aromatic heterocycles. The molecule has 1 saturated carbocycles. The molecule has 0 aromatic carbocycles. The van der Waals surface area contributed by atoms with Crippen molar-refractivity contribution >= 4 is 0 Å². The molecule has 1 atom stereocenters. The lowest BCUT2D eigenvalue weighted by atomic mass is 9.61. The van der Waals surface area contributed by atoms with Crippen LogP contribution in [0.2, 0.25) is 0 Å². The molecule has 0 aliphatic heterocycles. The van der Waals surface area contributed by atoms with Crippen LogP contribution in [0.5, 0.6) is 0 Å². The van der Waals surface area contributed by atoms with Gasteiger partial charge in [-0.15, -0.1) is 0 Å². The van der Waals surface area contributed by atoms with Crippen LogP contribution in [0.4, 0.5) is 4.39 Å². The molecule has 0 bridgehead atoms. The third kappa shape index (κ3) is 1.99. The fraction of sp³-hybridized carbons (Fsp3) is 1.00. The summed E-state index contributed by atoms with van der Waals surface area (Å²) in [6.45, 7) is 10.7. The molecule has 0 spiro atoms. The van der Waals surface area contributed by atoms with Crippen LogP contribution in [0.3, 0.4) is 0 Å². The SMILES string of the molecule is CC(C1CC(C)(F)C1)C(C)(C)C. The predicted octanol–water partition coefficient (Wildman–Crippen LogP) is 3.81. The van der Waals surface area contributed by atoms with E-state index in [4.69, 9.17) is 0 Å². The summed E-state index contributed by atoms with van der Waals surface area (Å²) in [6, 6.07) is 0. The second kappa shape index (κ2) is 2.71. The lowest BCUT2D eigenvalue weighted by molar-refractivity contribution is -0.0278. The number of rotatable bonds is 1. The first-order valence-corrected chi connectivity index (χ1v) is 4.91. The van der Waals surface area contributed by atoms with Crippen molar-refractivity contribution < 1.29 is 4.39 Å². The van der Waals surface area contributed by atoms with Gasteiger partial charge in [-0.25, -0.2) is 4.39 Å². The number of alkyl halides is 1. The van der Waals surface area contributed by atoms with Crippen molar-refractivity contribution in [3.05, 3.63) is 0 Å². The summed E-state index contributed by atoms with van der Waals surface area (Å²) >= 11 is 0. The smallest absolute Gasteiger partial charge is 0.108 e. The van der Waals surface area contributed by atoms with Gasteiger partial charge < -0.3 is 0 Å². The Balaban J connectivity index is 2.43. The topological polar surface area (TPSA) is 0 Å². The van der Waals surface area contributed by atoms with Gasteiger partial charge in [0.25, 0.3) is 0 Å². The first-order chi connectivity index (χ1) is 5.22. The fourth-order valence-electron chi connectivity index (χ4n) is 2.09. The van der Waals surface area contributed by atoms with E-state index < -0.39 is 5.67 Å². The molecular weight excluding hydrogens is 151 g/mol. The molecule has 1 aliphatic carbocycles. The van der Waals surface area contributed by atoms with E-state index in [-0.39, 0.29) is 0 Å². The fourth-order valence-corrected chi connectivity index (χ4v) is 2.09. The molecule has 1 heteroatoms. The van der Waals surface area contributed by atoms with Crippen LogP contribution < -0.4 is 0 Å². The van der Waals surface area contributed by atoms with Crippen LogP contribution in [0.25, 0.3) is 0 Å². The first-order valence-electron chi connectivity index (χ1n) is 4.91. The van der Waals surface area contributed by atoms with E-state index in [0.717, 1.165) is 12.8 Å². The van der Waals surface area contributed by atoms with E-state index >= 15 is 0 Å². The van der Waals surface area contributed by atoms with Crippen molar-refractivity contribution in [3.63, 3.8) is 0 Å². The van der Waals surface area contributed by atoms with Crippen LogP contribution in [0.15, 0.2) is 0 Å². The van der Waals surface area contributed by atoms with Crippen molar-refractivity contribution in [3.8, 4) is 0 Å². The maximum Gasteiger partial charge on any atom is 0.108 e. The summed E-state index contributed by atoms with van der Waals surface area (Å²) in [6.07, 6.45) is 1.54. The zero-order chi connectivity index (χ0) is 9.57. The number of halogens is 1. The van der Waals surface area contributed by atoms with E-state index in [2.05, 4.69) is 27.7 Å². The Kier molecular flexibility index (Phi) is 2.26. The molecule has 12 heavy (non-hydrogen) atoms. The van der Waals surface area contributed by atoms with Crippen LogP contribution in [-0.4, -0.2) is 5.67 Å². The van der Waals surface area contributed by atoms with Gasteiger partial charge in [0.1, 0.15) is 5.67 Å². The molecule has 0 saturated heterocycles. The van der Waals surface area contributed by atoms with Crippen molar-refractivity contribution in [1.29, 1.82) is 0 Å². The molecule has 72 valence electrons. The Morgan fingerprint density at radius 2 is 1.75 bits per heavy atom.